The van der Waals surface area contributed by atoms with Crippen molar-refractivity contribution in [1.29, 1.82) is 0 Å². The number of rotatable bonds is 5. The van der Waals surface area contributed by atoms with Crippen LogP contribution >= 0.6 is 0 Å². The lowest BCUT2D eigenvalue weighted by Gasteiger charge is -2.13. The number of benzene rings is 2. The molecule has 2 aromatic carbocycles. The number of hydrogen-bond acceptors (Lipinski definition) is 5. The molecule has 0 unspecified atom stereocenters. The fourth-order valence-corrected chi connectivity index (χ4v) is 4.27. The largest absolute Gasteiger partial charge is 0.495 e. The molecule has 2 aromatic heterocycles. The minimum atomic E-state index is -3.88. The van der Waals surface area contributed by atoms with Crippen LogP contribution in [0.5, 0.6) is 5.75 Å². The van der Waals surface area contributed by atoms with Gasteiger partial charge >= 0.3 is 0 Å². The molecule has 4 rings (SSSR count). The van der Waals surface area contributed by atoms with Crippen molar-refractivity contribution in [1.82, 2.24) is 14.8 Å². The minimum absolute atomic E-state index is 0.0579. The Hall–Kier alpha value is -3.39. The number of aromatic nitrogens is 3. The average molecular weight is 394 g/mol. The van der Waals surface area contributed by atoms with Gasteiger partial charge in [-0.2, -0.15) is 5.10 Å². The second-order valence-corrected chi connectivity index (χ2v) is 7.84. The Balaban J connectivity index is 1.83. The topological polar surface area (TPSA) is 86.1 Å². The van der Waals surface area contributed by atoms with Crippen LogP contribution in [0.15, 0.2) is 71.8 Å². The molecular weight excluding hydrogens is 376 g/mol. The van der Waals surface area contributed by atoms with Crippen LogP contribution in [0.2, 0.25) is 0 Å². The van der Waals surface area contributed by atoms with E-state index in [4.69, 9.17) is 4.74 Å². The van der Waals surface area contributed by atoms with Crippen molar-refractivity contribution in [2.75, 3.05) is 11.8 Å². The van der Waals surface area contributed by atoms with Gasteiger partial charge < -0.3 is 4.74 Å². The zero-order valence-electron chi connectivity index (χ0n) is 15.3. The highest BCUT2D eigenvalue weighted by Gasteiger charge is 2.22. The molecule has 2 heterocycles. The van der Waals surface area contributed by atoms with Gasteiger partial charge in [0.25, 0.3) is 10.0 Å². The Kier molecular flexibility index (Phi) is 4.48. The molecule has 4 aromatic rings. The Morgan fingerprint density at radius 2 is 1.86 bits per heavy atom. The molecule has 0 saturated carbocycles. The van der Waals surface area contributed by atoms with Gasteiger partial charge in [0.15, 0.2) is 0 Å². The monoisotopic (exact) mass is 394 g/mol. The van der Waals surface area contributed by atoms with Crippen LogP contribution in [0.4, 0.5) is 5.82 Å². The van der Waals surface area contributed by atoms with Gasteiger partial charge in [0, 0.05) is 17.6 Å². The summed E-state index contributed by atoms with van der Waals surface area (Å²) in [4.78, 5) is 4.41. The summed E-state index contributed by atoms with van der Waals surface area (Å²) in [7, 11) is -2.44. The molecular formula is C20H18N4O3S. The van der Waals surface area contributed by atoms with Gasteiger partial charge in [-0.3, -0.25) is 9.71 Å². The average Bonchev–Trinajstić information content (AvgIpc) is 3.06. The van der Waals surface area contributed by atoms with Crippen molar-refractivity contribution in [3.63, 3.8) is 0 Å². The molecule has 0 atom stereocenters. The van der Waals surface area contributed by atoms with Crippen molar-refractivity contribution in [3.05, 3.63) is 72.6 Å². The Morgan fingerprint density at radius 1 is 1.04 bits per heavy atom. The highest BCUT2D eigenvalue weighted by molar-refractivity contribution is 7.92. The maximum absolute atomic E-state index is 13.0. The number of ether oxygens (including phenoxy) is 1. The van der Waals surface area contributed by atoms with E-state index in [-0.39, 0.29) is 10.6 Å². The highest BCUT2D eigenvalue weighted by atomic mass is 32.2. The van der Waals surface area contributed by atoms with Gasteiger partial charge in [-0.05, 0) is 43.3 Å². The molecule has 1 N–H and O–H groups in total. The number of sulfonamides is 1. The number of anilines is 1. The smallest absolute Gasteiger partial charge is 0.266 e. The molecule has 142 valence electrons. The number of fused-ring (bicyclic) bond motifs is 1. The lowest BCUT2D eigenvalue weighted by Crippen LogP contribution is -2.16. The molecule has 0 aliphatic carbocycles. The van der Waals surface area contributed by atoms with Gasteiger partial charge in [-0.15, -0.1) is 0 Å². The van der Waals surface area contributed by atoms with Crippen LogP contribution in [0.3, 0.4) is 0 Å². The summed E-state index contributed by atoms with van der Waals surface area (Å²) in [5.74, 6) is 0.604. The van der Waals surface area contributed by atoms with Gasteiger partial charge in [0.1, 0.15) is 16.5 Å². The standard InChI is InChI=1S/C20H18N4O3S/c1-14-13-20(23-28(25,26)19-11-4-3-10-18(19)27-2)24(22-14)17-9-5-8-16-15(17)7-6-12-21-16/h3-13,23H,1-2H3. The molecule has 0 amide bonds. The van der Waals surface area contributed by atoms with Gasteiger partial charge in [-0.1, -0.05) is 18.2 Å². The lowest BCUT2D eigenvalue weighted by atomic mass is 10.2. The summed E-state index contributed by atoms with van der Waals surface area (Å²) in [5, 5.41) is 5.35. The number of methoxy groups -OCH3 is 1. The Labute approximate surface area is 162 Å². The van der Waals surface area contributed by atoms with Gasteiger partial charge in [0.2, 0.25) is 0 Å². The van der Waals surface area contributed by atoms with Crippen molar-refractivity contribution < 1.29 is 13.2 Å². The van der Waals surface area contributed by atoms with E-state index in [9.17, 15) is 8.42 Å². The zero-order valence-corrected chi connectivity index (χ0v) is 16.1. The van der Waals surface area contributed by atoms with Crippen LogP contribution in [0.25, 0.3) is 16.6 Å². The summed E-state index contributed by atoms with van der Waals surface area (Å²) in [5.41, 5.74) is 2.21. The number of para-hydroxylation sites is 1. The van der Waals surface area contributed by atoms with Crippen molar-refractivity contribution in [3.8, 4) is 11.4 Å². The van der Waals surface area contributed by atoms with Crippen LogP contribution in [-0.4, -0.2) is 30.3 Å². The van der Waals surface area contributed by atoms with E-state index in [1.807, 2.05) is 30.3 Å². The summed E-state index contributed by atoms with van der Waals surface area (Å²) in [6, 6.07) is 17.5. The molecule has 0 aliphatic heterocycles. The number of pyridine rings is 1. The lowest BCUT2D eigenvalue weighted by molar-refractivity contribution is 0.403. The third-order valence-electron chi connectivity index (χ3n) is 4.28. The fourth-order valence-electron chi connectivity index (χ4n) is 3.06. The van der Waals surface area contributed by atoms with E-state index < -0.39 is 10.0 Å². The van der Waals surface area contributed by atoms with Crippen molar-refractivity contribution in [2.45, 2.75) is 11.8 Å². The quantitative estimate of drug-likeness (QED) is 0.560. The summed E-state index contributed by atoms with van der Waals surface area (Å²) < 4.78 is 35.4. The molecule has 0 bridgehead atoms. The first-order valence-corrected chi connectivity index (χ1v) is 10.0. The first-order chi connectivity index (χ1) is 13.5. The maximum Gasteiger partial charge on any atom is 0.266 e. The van der Waals surface area contributed by atoms with Crippen molar-refractivity contribution >= 4 is 26.7 Å². The maximum atomic E-state index is 13.0. The number of nitrogens with zero attached hydrogens (tertiary/aromatic N) is 3. The SMILES string of the molecule is COc1ccccc1S(=O)(=O)Nc1cc(C)nn1-c1cccc2ncccc12. The van der Waals surface area contributed by atoms with E-state index in [0.717, 1.165) is 16.6 Å². The van der Waals surface area contributed by atoms with Gasteiger partial charge in [0.05, 0.1) is 24.0 Å². The predicted octanol–water partition coefficient (Wildman–Crippen LogP) is 3.54. The van der Waals surface area contributed by atoms with Crippen LogP contribution < -0.4 is 9.46 Å². The zero-order chi connectivity index (χ0) is 19.7. The Bertz CT molecular complexity index is 1260. The third-order valence-corrected chi connectivity index (χ3v) is 5.67. The summed E-state index contributed by atoms with van der Waals surface area (Å²) >= 11 is 0. The molecule has 7 nitrogen and oxygen atoms in total. The number of aryl methyl sites for hydroxylation is 1. The van der Waals surface area contributed by atoms with Crippen LogP contribution in [-0.2, 0) is 10.0 Å². The normalized spacial score (nSPS) is 11.5. The molecule has 0 fully saturated rings. The van der Waals surface area contributed by atoms with Crippen molar-refractivity contribution in [2.24, 2.45) is 0 Å². The molecule has 0 radical (unpaired) electrons. The number of hydrogen-bond donors (Lipinski definition) is 1. The molecule has 0 aliphatic rings. The second kappa shape index (κ2) is 6.97. The summed E-state index contributed by atoms with van der Waals surface area (Å²) in [6.07, 6.45) is 1.71. The van der Waals surface area contributed by atoms with E-state index in [1.54, 1.807) is 42.1 Å². The second-order valence-electron chi connectivity index (χ2n) is 6.19. The molecule has 8 heteroatoms. The Morgan fingerprint density at radius 3 is 2.68 bits per heavy atom. The first kappa shape index (κ1) is 18.0. The van der Waals surface area contributed by atoms with E-state index in [1.165, 1.54) is 13.2 Å². The van der Waals surface area contributed by atoms with Gasteiger partial charge in [-0.25, -0.2) is 13.1 Å². The minimum Gasteiger partial charge on any atom is -0.495 e. The predicted molar refractivity (Wildman–Crippen MR) is 107 cm³/mol. The summed E-state index contributed by atoms with van der Waals surface area (Å²) in [6.45, 7) is 1.81. The highest BCUT2D eigenvalue weighted by Crippen LogP contribution is 2.28. The van der Waals surface area contributed by atoms with Crippen LogP contribution in [0.1, 0.15) is 5.69 Å². The third kappa shape index (κ3) is 3.18. The molecule has 0 saturated heterocycles. The molecule has 28 heavy (non-hydrogen) atoms. The van der Waals surface area contributed by atoms with Crippen LogP contribution in [0, 0.1) is 6.92 Å². The number of nitrogens with one attached hydrogen (secondary N) is 1. The first-order valence-electron chi connectivity index (χ1n) is 8.56. The fraction of sp³-hybridized carbons (Fsp3) is 0.100. The van der Waals surface area contributed by atoms with E-state index in [2.05, 4.69) is 14.8 Å². The van der Waals surface area contributed by atoms with E-state index >= 15 is 0 Å². The molecule has 0 spiro atoms. The van der Waals surface area contributed by atoms with E-state index in [0.29, 0.717) is 11.5 Å².